The van der Waals surface area contributed by atoms with Gasteiger partial charge in [-0.15, -0.1) is 0 Å². The van der Waals surface area contributed by atoms with Crippen molar-refractivity contribution in [3.63, 3.8) is 0 Å². The average molecular weight is 282 g/mol. The minimum atomic E-state index is -0.382. The molecule has 0 radical (unpaired) electrons. The molecule has 0 bridgehead atoms. The number of ether oxygens (including phenoxy) is 1. The summed E-state index contributed by atoms with van der Waals surface area (Å²) in [6.45, 7) is 8.10. The molecule has 2 aliphatic heterocycles. The summed E-state index contributed by atoms with van der Waals surface area (Å²) in [6, 6.07) is -0.382. The lowest BCUT2D eigenvalue weighted by Crippen LogP contribution is -2.49. The summed E-state index contributed by atoms with van der Waals surface area (Å²) in [5.74, 6) is 0.570. The third kappa shape index (κ3) is 3.32. The highest BCUT2D eigenvalue weighted by Crippen LogP contribution is 2.25. The van der Waals surface area contributed by atoms with E-state index in [0.29, 0.717) is 18.9 Å². The fourth-order valence-corrected chi connectivity index (χ4v) is 3.12. The van der Waals surface area contributed by atoms with E-state index in [1.54, 1.807) is 0 Å². The Labute approximate surface area is 121 Å². The number of carbonyl (C=O) groups excluding carboxylic acids is 2. The molecule has 2 rings (SSSR count). The summed E-state index contributed by atoms with van der Waals surface area (Å²) in [7, 11) is 0. The van der Waals surface area contributed by atoms with E-state index in [9.17, 15) is 9.59 Å². The third-order valence-corrected chi connectivity index (χ3v) is 4.37. The predicted octanol–water partition coefficient (Wildman–Crippen LogP) is 1.17. The lowest BCUT2D eigenvalue weighted by molar-refractivity contribution is -0.135. The van der Waals surface area contributed by atoms with Gasteiger partial charge in [-0.3, -0.25) is 9.59 Å². The molecule has 1 N–H and O–H groups in total. The van der Waals surface area contributed by atoms with Crippen molar-refractivity contribution in [1.82, 2.24) is 10.2 Å². The molecule has 114 valence electrons. The largest absolute Gasteiger partial charge is 0.378 e. The maximum absolute atomic E-state index is 12.6. The van der Waals surface area contributed by atoms with Gasteiger partial charge in [0.1, 0.15) is 6.04 Å². The molecule has 20 heavy (non-hydrogen) atoms. The van der Waals surface area contributed by atoms with Crippen molar-refractivity contribution in [2.45, 2.75) is 52.2 Å². The van der Waals surface area contributed by atoms with Crippen LogP contribution in [0.25, 0.3) is 0 Å². The van der Waals surface area contributed by atoms with Crippen molar-refractivity contribution < 1.29 is 14.3 Å². The Morgan fingerprint density at radius 3 is 2.80 bits per heavy atom. The molecule has 2 aliphatic rings. The maximum atomic E-state index is 12.6. The molecule has 2 heterocycles. The van der Waals surface area contributed by atoms with Gasteiger partial charge in [0.05, 0.1) is 6.10 Å². The van der Waals surface area contributed by atoms with Gasteiger partial charge in [-0.1, -0.05) is 20.8 Å². The number of amides is 2. The summed E-state index contributed by atoms with van der Waals surface area (Å²) in [5.41, 5.74) is 0. The normalized spacial score (nSPS) is 31.6. The van der Waals surface area contributed by atoms with E-state index in [4.69, 9.17) is 4.74 Å². The molecular formula is C15H26N2O3. The van der Waals surface area contributed by atoms with Gasteiger partial charge in [0.15, 0.2) is 0 Å². The smallest absolute Gasteiger partial charge is 0.245 e. The standard InChI is InChI=1S/C15H26N2O3/c1-4-12-11(6-8-20-12)9-17-7-5-13(18)16-14(10(2)3)15(17)19/h10-12,14H,4-9H2,1-3H3,(H,16,18). The Morgan fingerprint density at radius 2 is 2.15 bits per heavy atom. The van der Waals surface area contributed by atoms with E-state index >= 15 is 0 Å². The number of hydrogen-bond donors (Lipinski definition) is 1. The Bertz CT molecular complexity index is 370. The fourth-order valence-electron chi connectivity index (χ4n) is 3.12. The van der Waals surface area contributed by atoms with Crippen LogP contribution in [-0.2, 0) is 14.3 Å². The second-order valence-corrected chi connectivity index (χ2v) is 6.19. The molecule has 0 aromatic carbocycles. The topological polar surface area (TPSA) is 58.6 Å². The van der Waals surface area contributed by atoms with Crippen molar-refractivity contribution >= 4 is 11.8 Å². The first-order chi connectivity index (χ1) is 9.52. The number of carbonyl (C=O) groups is 2. The summed E-state index contributed by atoms with van der Waals surface area (Å²) in [5, 5.41) is 2.85. The first-order valence-electron chi connectivity index (χ1n) is 7.72. The van der Waals surface area contributed by atoms with Crippen LogP contribution < -0.4 is 5.32 Å². The van der Waals surface area contributed by atoms with Crippen LogP contribution in [0, 0.1) is 11.8 Å². The zero-order valence-electron chi connectivity index (χ0n) is 12.7. The second-order valence-electron chi connectivity index (χ2n) is 6.19. The van der Waals surface area contributed by atoms with Gasteiger partial charge < -0.3 is 15.0 Å². The van der Waals surface area contributed by atoms with E-state index in [1.807, 2.05) is 18.7 Å². The average Bonchev–Trinajstić information content (AvgIpc) is 2.81. The van der Waals surface area contributed by atoms with Gasteiger partial charge in [-0.2, -0.15) is 0 Å². The zero-order chi connectivity index (χ0) is 14.7. The number of nitrogens with zero attached hydrogens (tertiary/aromatic N) is 1. The summed E-state index contributed by atoms with van der Waals surface area (Å²) in [6.07, 6.45) is 2.65. The quantitative estimate of drug-likeness (QED) is 0.842. The second kappa shape index (κ2) is 6.57. The number of nitrogens with one attached hydrogen (secondary N) is 1. The van der Waals surface area contributed by atoms with E-state index in [1.165, 1.54) is 0 Å². The van der Waals surface area contributed by atoms with Crippen LogP contribution in [0.1, 0.15) is 40.0 Å². The van der Waals surface area contributed by atoms with E-state index in [0.717, 1.165) is 26.0 Å². The van der Waals surface area contributed by atoms with E-state index < -0.39 is 0 Å². The van der Waals surface area contributed by atoms with Crippen molar-refractivity contribution in [2.75, 3.05) is 19.7 Å². The molecule has 2 saturated heterocycles. The molecule has 0 aromatic rings. The van der Waals surface area contributed by atoms with Crippen LogP contribution in [-0.4, -0.2) is 48.6 Å². The molecule has 0 aliphatic carbocycles. The van der Waals surface area contributed by atoms with Gasteiger partial charge in [-0.25, -0.2) is 0 Å². The first-order valence-corrected chi connectivity index (χ1v) is 7.72. The Hall–Kier alpha value is -1.10. The van der Waals surface area contributed by atoms with E-state index in [-0.39, 0.29) is 29.9 Å². The molecule has 3 unspecified atom stereocenters. The minimum Gasteiger partial charge on any atom is -0.378 e. The molecule has 5 heteroatoms. The summed E-state index contributed by atoms with van der Waals surface area (Å²) < 4.78 is 5.70. The Kier molecular flexibility index (Phi) is 5.02. The molecule has 0 saturated carbocycles. The predicted molar refractivity (Wildman–Crippen MR) is 76.1 cm³/mol. The molecule has 5 nitrogen and oxygen atoms in total. The van der Waals surface area contributed by atoms with Gasteiger partial charge in [-0.05, 0) is 18.8 Å². The van der Waals surface area contributed by atoms with Gasteiger partial charge in [0.25, 0.3) is 0 Å². The lowest BCUT2D eigenvalue weighted by Gasteiger charge is -2.29. The molecule has 2 amide bonds. The zero-order valence-corrected chi connectivity index (χ0v) is 12.7. The molecule has 2 fully saturated rings. The van der Waals surface area contributed by atoms with Crippen LogP contribution in [0.4, 0.5) is 0 Å². The highest BCUT2D eigenvalue weighted by atomic mass is 16.5. The van der Waals surface area contributed by atoms with Crippen LogP contribution in [0.2, 0.25) is 0 Å². The van der Waals surface area contributed by atoms with Crippen molar-refractivity contribution in [3.05, 3.63) is 0 Å². The molecule has 0 spiro atoms. The molecule has 0 aromatic heterocycles. The van der Waals surface area contributed by atoms with Gasteiger partial charge in [0.2, 0.25) is 11.8 Å². The summed E-state index contributed by atoms with van der Waals surface area (Å²) in [4.78, 5) is 26.2. The molecule has 3 atom stereocenters. The van der Waals surface area contributed by atoms with Gasteiger partial charge >= 0.3 is 0 Å². The number of hydrogen-bond acceptors (Lipinski definition) is 3. The van der Waals surface area contributed by atoms with Crippen LogP contribution in [0.15, 0.2) is 0 Å². The fraction of sp³-hybridized carbons (Fsp3) is 0.867. The first kappa shape index (κ1) is 15.3. The molecular weight excluding hydrogens is 256 g/mol. The Morgan fingerprint density at radius 1 is 1.40 bits per heavy atom. The summed E-state index contributed by atoms with van der Waals surface area (Å²) >= 11 is 0. The van der Waals surface area contributed by atoms with Crippen LogP contribution in [0.5, 0.6) is 0 Å². The SMILES string of the molecule is CCC1OCCC1CN1CCC(=O)NC(C(C)C)C1=O. The Balaban J connectivity index is 2.05. The number of rotatable bonds is 4. The van der Waals surface area contributed by atoms with Crippen LogP contribution in [0.3, 0.4) is 0 Å². The highest BCUT2D eigenvalue weighted by molar-refractivity contribution is 5.90. The lowest BCUT2D eigenvalue weighted by atomic mass is 9.97. The van der Waals surface area contributed by atoms with E-state index in [2.05, 4.69) is 12.2 Å². The van der Waals surface area contributed by atoms with Gasteiger partial charge in [0, 0.05) is 32.0 Å². The minimum absolute atomic E-state index is 0.0192. The van der Waals surface area contributed by atoms with Crippen molar-refractivity contribution in [1.29, 1.82) is 0 Å². The third-order valence-electron chi connectivity index (χ3n) is 4.37. The highest BCUT2D eigenvalue weighted by Gasteiger charge is 2.35. The van der Waals surface area contributed by atoms with Crippen molar-refractivity contribution in [2.24, 2.45) is 11.8 Å². The van der Waals surface area contributed by atoms with Crippen molar-refractivity contribution in [3.8, 4) is 0 Å². The van der Waals surface area contributed by atoms with Crippen LogP contribution >= 0.6 is 0 Å². The maximum Gasteiger partial charge on any atom is 0.245 e. The monoisotopic (exact) mass is 282 g/mol.